The Morgan fingerprint density at radius 2 is 1.92 bits per heavy atom. The predicted octanol–water partition coefficient (Wildman–Crippen LogP) is 4.42. The highest BCUT2D eigenvalue weighted by Crippen LogP contribution is 2.38. The van der Waals surface area contributed by atoms with Crippen molar-refractivity contribution >= 4 is 26.9 Å². The van der Waals surface area contributed by atoms with Gasteiger partial charge in [-0.2, -0.15) is 4.98 Å². The number of rotatable bonds is 10. The van der Waals surface area contributed by atoms with Crippen molar-refractivity contribution in [1.29, 1.82) is 0 Å². The Kier molecular flexibility index (Phi) is 7.82. The van der Waals surface area contributed by atoms with Gasteiger partial charge in [0.1, 0.15) is 29.4 Å². The number of fused-ring (bicyclic) bond motifs is 1. The van der Waals surface area contributed by atoms with Crippen LogP contribution in [0.25, 0.3) is 22.4 Å². The molecule has 0 aliphatic carbocycles. The van der Waals surface area contributed by atoms with Crippen molar-refractivity contribution in [2.24, 2.45) is 0 Å². The third-order valence-corrected chi connectivity index (χ3v) is 7.34. The van der Waals surface area contributed by atoms with Gasteiger partial charge in [0.2, 0.25) is 15.7 Å². The first-order chi connectivity index (χ1) is 17.7. The average molecular weight is 528 g/mol. The number of sulfonamides is 1. The van der Waals surface area contributed by atoms with Gasteiger partial charge in [-0.3, -0.25) is 9.62 Å². The van der Waals surface area contributed by atoms with Crippen molar-refractivity contribution in [2.45, 2.75) is 26.0 Å². The Morgan fingerprint density at radius 1 is 1.19 bits per heavy atom. The van der Waals surface area contributed by atoms with Crippen LogP contribution in [0, 0.1) is 5.82 Å². The van der Waals surface area contributed by atoms with E-state index in [9.17, 15) is 17.9 Å². The van der Waals surface area contributed by atoms with Gasteiger partial charge in [0, 0.05) is 17.5 Å². The SMILES string of the molecule is CCc1cc2c(C(O)NC)c(-c3ccc(F)cc3)oc2nc1N(CCc1cccc(OC)c1)S(C)(=O)=O. The largest absolute Gasteiger partial charge is 0.497 e. The number of pyridine rings is 1. The molecule has 8 nitrogen and oxygen atoms in total. The summed E-state index contributed by atoms with van der Waals surface area (Å²) in [5, 5.41) is 14.1. The second-order valence-electron chi connectivity index (χ2n) is 8.66. The average Bonchev–Trinajstić information content (AvgIpc) is 3.25. The van der Waals surface area contributed by atoms with Gasteiger partial charge in [0.05, 0.1) is 18.9 Å². The third kappa shape index (κ3) is 5.61. The molecule has 0 aliphatic rings. The molecule has 1 unspecified atom stereocenters. The number of nitrogens with zero attached hydrogens (tertiary/aromatic N) is 2. The lowest BCUT2D eigenvalue weighted by atomic mass is 10.0. The molecule has 0 saturated heterocycles. The van der Waals surface area contributed by atoms with Crippen LogP contribution in [0.4, 0.5) is 10.2 Å². The number of methoxy groups -OCH3 is 1. The van der Waals surface area contributed by atoms with Gasteiger partial charge in [-0.25, -0.2) is 12.8 Å². The van der Waals surface area contributed by atoms with E-state index in [0.717, 1.165) is 11.8 Å². The number of ether oxygens (including phenoxy) is 1. The summed E-state index contributed by atoms with van der Waals surface area (Å²) >= 11 is 0. The first kappa shape index (κ1) is 26.6. The number of aliphatic hydroxyl groups is 1. The summed E-state index contributed by atoms with van der Waals surface area (Å²) in [6.45, 7) is 2.07. The molecule has 0 spiro atoms. The highest BCUT2D eigenvalue weighted by atomic mass is 32.2. The van der Waals surface area contributed by atoms with Gasteiger partial charge >= 0.3 is 0 Å². The maximum absolute atomic E-state index is 13.5. The van der Waals surface area contributed by atoms with Crippen LogP contribution in [0.5, 0.6) is 5.75 Å². The van der Waals surface area contributed by atoms with Gasteiger partial charge in [-0.1, -0.05) is 19.1 Å². The fraction of sp³-hybridized carbons (Fsp3) is 0.296. The number of benzene rings is 2. The summed E-state index contributed by atoms with van der Waals surface area (Å²) in [4.78, 5) is 4.64. The van der Waals surface area contributed by atoms with Crippen LogP contribution >= 0.6 is 0 Å². The van der Waals surface area contributed by atoms with Crippen LogP contribution in [0.2, 0.25) is 0 Å². The van der Waals surface area contributed by atoms with Crippen molar-refractivity contribution in [3.63, 3.8) is 0 Å². The van der Waals surface area contributed by atoms with E-state index in [0.29, 0.717) is 46.4 Å². The van der Waals surface area contributed by atoms with Gasteiger partial charge in [0.15, 0.2) is 0 Å². The van der Waals surface area contributed by atoms with E-state index in [1.807, 2.05) is 31.2 Å². The monoisotopic (exact) mass is 527 g/mol. The van der Waals surface area contributed by atoms with E-state index in [1.165, 1.54) is 16.4 Å². The van der Waals surface area contributed by atoms with Crippen LogP contribution in [0.1, 0.15) is 29.8 Å². The van der Waals surface area contributed by atoms with E-state index in [1.54, 1.807) is 32.4 Å². The summed E-state index contributed by atoms with van der Waals surface area (Å²) in [6.07, 6.45) is 0.996. The van der Waals surface area contributed by atoms with Crippen molar-refractivity contribution < 1.29 is 27.1 Å². The Labute approximate surface area is 215 Å². The van der Waals surface area contributed by atoms with Crippen molar-refractivity contribution in [1.82, 2.24) is 10.3 Å². The summed E-state index contributed by atoms with van der Waals surface area (Å²) in [7, 11) is -0.509. The zero-order chi connectivity index (χ0) is 26.7. The topological polar surface area (TPSA) is 105 Å². The molecule has 4 rings (SSSR count). The molecule has 0 aliphatic heterocycles. The molecule has 0 bridgehead atoms. The lowest BCUT2D eigenvalue weighted by molar-refractivity contribution is 0.150. The van der Waals surface area contributed by atoms with Crippen LogP contribution in [-0.2, 0) is 22.9 Å². The molecule has 37 heavy (non-hydrogen) atoms. The van der Waals surface area contributed by atoms with Crippen LogP contribution in [0.3, 0.4) is 0 Å². The Morgan fingerprint density at radius 3 is 2.54 bits per heavy atom. The minimum atomic E-state index is -3.69. The van der Waals surface area contributed by atoms with E-state index in [-0.39, 0.29) is 18.1 Å². The van der Waals surface area contributed by atoms with Gasteiger partial charge in [-0.15, -0.1) is 0 Å². The zero-order valence-electron chi connectivity index (χ0n) is 21.2. The molecule has 2 aromatic carbocycles. The Hall–Kier alpha value is -3.47. The maximum atomic E-state index is 13.5. The quantitative estimate of drug-likeness (QED) is 0.294. The number of hydrogen-bond donors (Lipinski definition) is 2. The summed E-state index contributed by atoms with van der Waals surface area (Å²) in [6, 6.07) is 15.0. The van der Waals surface area contributed by atoms with Crippen molar-refractivity contribution in [2.75, 3.05) is 31.3 Å². The van der Waals surface area contributed by atoms with Crippen molar-refractivity contribution in [3.05, 3.63) is 77.1 Å². The van der Waals surface area contributed by atoms with E-state index >= 15 is 0 Å². The Balaban J connectivity index is 1.84. The Bertz CT molecular complexity index is 1500. The standard InChI is InChI=1S/C27H30FN3O5S/c1-5-18-16-22-23(26(32)29-2)24(19-9-11-20(28)12-10-19)36-27(22)30-25(18)31(37(4,33)34)14-13-17-7-6-8-21(15-17)35-3/h6-12,15-16,26,29,32H,5,13-14H2,1-4H3. The lowest BCUT2D eigenvalue weighted by Crippen LogP contribution is -2.33. The number of halogens is 1. The molecule has 0 saturated carbocycles. The number of furan rings is 1. The smallest absolute Gasteiger partial charge is 0.233 e. The molecular weight excluding hydrogens is 497 g/mol. The molecule has 0 fully saturated rings. The predicted molar refractivity (Wildman–Crippen MR) is 142 cm³/mol. The highest BCUT2D eigenvalue weighted by molar-refractivity contribution is 7.92. The van der Waals surface area contributed by atoms with Gasteiger partial charge in [0.25, 0.3) is 0 Å². The number of aromatic nitrogens is 1. The summed E-state index contributed by atoms with van der Waals surface area (Å²) in [5.41, 5.74) is 2.77. The first-order valence-corrected chi connectivity index (χ1v) is 13.7. The summed E-state index contributed by atoms with van der Waals surface area (Å²) < 4.78 is 52.0. The van der Waals surface area contributed by atoms with Crippen molar-refractivity contribution in [3.8, 4) is 17.1 Å². The minimum Gasteiger partial charge on any atom is -0.497 e. The number of hydrogen-bond acceptors (Lipinski definition) is 7. The molecule has 2 aromatic heterocycles. The van der Waals surface area contributed by atoms with E-state index in [4.69, 9.17) is 9.15 Å². The normalized spacial score (nSPS) is 12.6. The molecule has 2 N–H and O–H groups in total. The molecule has 0 amide bonds. The number of anilines is 1. The fourth-order valence-electron chi connectivity index (χ4n) is 4.27. The summed E-state index contributed by atoms with van der Waals surface area (Å²) in [5.74, 6) is 0.886. The van der Waals surface area contributed by atoms with E-state index < -0.39 is 22.1 Å². The fourth-order valence-corrected chi connectivity index (χ4v) is 5.16. The molecule has 2 heterocycles. The first-order valence-electron chi connectivity index (χ1n) is 11.8. The third-order valence-electron chi connectivity index (χ3n) is 6.19. The molecule has 10 heteroatoms. The van der Waals surface area contributed by atoms with Gasteiger partial charge < -0.3 is 14.3 Å². The van der Waals surface area contributed by atoms with E-state index in [2.05, 4.69) is 10.3 Å². The minimum absolute atomic E-state index is 0.162. The molecule has 1 atom stereocenters. The number of aliphatic hydroxyl groups excluding tert-OH is 1. The maximum Gasteiger partial charge on any atom is 0.233 e. The number of nitrogens with one attached hydrogen (secondary N) is 1. The van der Waals surface area contributed by atoms with Gasteiger partial charge in [-0.05, 0) is 73.5 Å². The second kappa shape index (κ2) is 10.9. The van der Waals surface area contributed by atoms with Crippen LogP contribution in [-0.4, -0.2) is 45.5 Å². The molecule has 196 valence electrons. The number of aryl methyl sites for hydroxylation is 1. The zero-order valence-corrected chi connectivity index (χ0v) is 22.0. The van der Waals surface area contributed by atoms with Crippen LogP contribution in [0.15, 0.2) is 59.0 Å². The molecular formula is C27H30FN3O5S. The molecule has 4 aromatic rings. The second-order valence-corrected chi connectivity index (χ2v) is 10.6. The lowest BCUT2D eigenvalue weighted by Gasteiger charge is -2.23. The highest BCUT2D eigenvalue weighted by Gasteiger charge is 2.27. The molecule has 0 radical (unpaired) electrons. The van der Waals surface area contributed by atoms with Crippen LogP contribution < -0.4 is 14.4 Å².